The molecule has 1 atom stereocenters. The predicted octanol–water partition coefficient (Wildman–Crippen LogP) is 1.51. The fourth-order valence-corrected chi connectivity index (χ4v) is 1.90. The second-order valence-electron chi connectivity index (χ2n) is 4.44. The third kappa shape index (κ3) is 2.65. The molecule has 1 amide bonds. The number of hydrogen-bond donors (Lipinski definition) is 2. The van der Waals surface area contributed by atoms with Gasteiger partial charge in [-0.05, 0) is 31.5 Å². The molecule has 0 saturated heterocycles. The fraction of sp³-hybridized carbons (Fsp3) is 0.286. The van der Waals surface area contributed by atoms with Crippen molar-refractivity contribution in [2.45, 2.75) is 26.4 Å². The van der Waals surface area contributed by atoms with Crippen molar-refractivity contribution >= 4 is 16.8 Å². The minimum Gasteiger partial charge on any atom is -0.368 e. The molecule has 0 aliphatic heterocycles. The molecule has 1 heterocycles. The number of carbonyl (C=O) groups is 1. The lowest BCUT2D eigenvalue weighted by Gasteiger charge is -2.12. The molecule has 0 aliphatic carbocycles. The summed E-state index contributed by atoms with van der Waals surface area (Å²) in [4.78, 5) is 15.5. The van der Waals surface area contributed by atoms with E-state index in [0.29, 0.717) is 6.54 Å². The van der Waals surface area contributed by atoms with Gasteiger partial charge in [0.1, 0.15) is 0 Å². The van der Waals surface area contributed by atoms with Crippen LogP contribution in [0.1, 0.15) is 18.2 Å². The van der Waals surface area contributed by atoms with Crippen LogP contribution in [0.3, 0.4) is 0 Å². The van der Waals surface area contributed by atoms with E-state index >= 15 is 0 Å². The maximum absolute atomic E-state index is 11.0. The summed E-state index contributed by atoms with van der Waals surface area (Å²) in [5, 5.41) is 4.22. The number of aromatic nitrogens is 1. The van der Waals surface area contributed by atoms with E-state index in [1.165, 1.54) is 0 Å². The number of benzene rings is 1. The van der Waals surface area contributed by atoms with Crippen molar-refractivity contribution in [3.8, 4) is 0 Å². The third-order valence-electron chi connectivity index (χ3n) is 2.96. The summed E-state index contributed by atoms with van der Waals surface area (Å²) in [6.45, 7) is 4.33. The van der Waals surface area contributed by atoms with E-state index in [2.05, 4.69) is 10.3 Å². The normalized spacial score (nSPS) is 12.6. The highest BCUT2D eigenvalue weighted by atomic mass is 16.1. The fourth-order valence-electron chi connectivity index (χ4n) is 1.90. The Kier molecular flexibility index (Phi) is 3.58. The van der Waals surface area contributed by atoms with E-state index in [1.54, 1.807) is 6.92 Å². The summed E-state index contributed by atoms with van der Waals surface area (Å²) < 4.78 is 0. The number of fused-ring (bicyclic) bond motifs is 1. The number of hydrogen-bond acceptors (Lipinski definition) is 3. The van der Waals surface area contributed by atoms with Crippen LogP contribution >= 0.6 is 0 Å². The number of pyridine rings is 1. The van der Waals surface area contributed by atoms with Gasteiger partial charge in [-0.2, -0.15) is 0 Å². The summed E-state index contributed by atoms with van der Waals surface area (Å²) in [6.07, 6.45) is 0. The smallest absolute Gasteiger partial charge is 0.234 e. The molecule has 18 heavy (non-hydrogen) atoms. The van der Waals surface area contributed by atoms with Gasteiger partial charge < -0.3 is 11.1 Å². The average Bonchev–Trinajstić information content (AvgIpc) is 2.35. The first-order valence-electron chi connectivity index (χ1n) is 5.96. The maximum atomic E-state index is 11.0. The average molecular weight is 243 g/mol. The van der Waals surface area contributed by atoms with Crippen molar-refractivity contribution in [1.82, 2.24) is 10.3 Å². The van der Waals surface area contributed by atoms with E-state index in [0.717, 1.165) is 22.2 Å². The highest BCUT2D eigenvalue weighted by Crippen LogP contribution is 2.18. The third-order valence-corrected chi connectivity index (χ3v) is 2.96. The number of carbonyl (C=O) groups excluding carboxylic acids is 1. The molecule has 0 aliphatic rings. The molecular weight excluding hydrogens is 226 g/mol. The molecule has 2 rings (SSSR count). The van der Waals surface area contributed by atoms with Gasteiger partial charge >= 0.3 is 0 Å². The lowest BCUT2D eigenvalue weighted by atomic mass is 10.1. The highest BCUT2D eigenvalue weighted by molar-refractivity contribution is 5.82. The molecule has 2 aromatic rings. The zero-order valence-corrected chi connectivity index (χ0v) is 10.6. The van der Waals surface area contributed by atoms with E-state index in [1.807, 2.05) is 37.3 Å². The molecule has 3 N–H and O–H groups in total. The van der Waals surface area contributed by atoms with E-state index in [9.17, 15) is 4.79 Å². The van der Waals surface area contributed by atoms with E-state index in [4.69, 9.17) is 5.73 Å². The largest absolute Gasteiger partial charge is 0.368 e. The van der Waals surface area contributed by atoms with Gasteiger partial charge in [-0.15, -0.1) is 0 Å². The molecule has 1 aromatic carbocycles. The molecule has 0 radical (unpaired) electrons. The molecular formula is C14H17N3O. The quantitative estimate of drug-likeness (QED) is 0.855. The van der Waals surface area contributed by atoms with Gasteiger partial charge in [0.2, 0.25) is 5.91 Å². The Morgan fingerprint density at radius 2 is 2.17 bits per heavy atom. The number of rotatable bonds is 4. The van der Waals surface area contributed by atoms with Crippen LogP contribution in [-0.4, -0.2) is 16.9 Å². The zero-order valence-electron chi connectivity index (χ0n) is 10.6. The number of primary amides is 1. The molecule has 1 unspecified atom stereocenters. The van der Waals surface area contributed by atoms with Crippen LogP contribution in [-0.2, 0) is 11.3 Å². The number of aryl methyl sites for hydroxylation is 1. The maximum Gasteiger partial charge on any atom is 0.234 e. The Labute approximate surface area is 106 Å². The van der Waals surface area contributed by atoms with Crippen LogP contribution < -0.4 is 11.1 Å². The van der Waals surface area contributed by atoms with E-state index < -0.39 is 0 Å². The van der Waals surface area contributed by atoms with Crippen LogP contribution in [0.5, 0.6) is 0 Å². The number of nitrogens with zero attached hydrogens (tertiary/aromatic N) is 1. The molecule has 94 valence electrons. The summed E-state index contributed by atoms with van der Waals surface area (Å²) in [5.41, 5.74) is 8.30. The second-order valence-corrected chi connectivity index (χ2v) is 4.44. The summed E-state index contributed by atoms with van der Waals surface area (Å²) in [5.74, 6) is -0.343. The number of amides is 1. The SMILES string of the molecule is Cc1cc(CNC(C)C(N)=O)c2ccccc2n1. The van der Waals surface area contributed by atoms with Crippen molar-refractivity contribution in [2.24, 2.45) is 5.73 Å². The summed E-state index contributed by atoms with van der Waals surface area (Å²) in [7, 11) is 0. The predicted molar refractivity (Wildman–Crippen MR) is 72.0 cm³/mol. The van der Waals surface area contributed by atoms with Crippen LogP contribution in [0.4, 0.5) is 0 Å². The number of nitrogens with two attached hydrogens (primary N) is 1. The van der Waals surface area contributed by atoms with Crippen molar-refractivity contribution in [3.63, 3.8) is 0 Å². The van der Waals surface area contributed by atoms with Gasteiger partial charge in [0, 0.05) is 17.6 Å². The Morgan fingerprint density at radius 3 is 2.89 bits per heavy atom. The molecule has 1 aromatic heterocycles. The molecule has 0 fully saturated rings. The number of para-hydroxylation sites is 1. The van der Waals surface area contributed by atoms with Gasteiger partial charge in [0.15, 0.2) is 0 Å². The van der Waals surface area contributed by atoms with Crippen LogP contribution in [0.2, 0.25) is 0 Å². The van der Waals surface area contributed by atoms with Gasteiger partial charge in [-0.1, -0.05) is 18.2 Å². The lowest BCUT2D eigenvalue weighted by molar-refractivity contribution is -0.119. The highest BCUT2D eigenvalue weighted by Gasteiger charge is 2.09. The van der Waals surface area contributed by atoms with Crippen LogP contribution in [0.15, 0.2) is 30.3 Å². The van der Waals surface area contributed by atoms with Crippen molar-refractivity contribution < 1.29 is 4.79 Å². The molecule has 0 bridgehead atoms. The minimum absolute atomic E-state index is 0.336. The van der Waals surface area contributed by atoms with Crippen molar-refractivity contribution in [2.75, 3.05) is 0 Å². The minimum atomic E-state index is -0.343. The monoisotopic (exact) mass is 243 g/mol. The Morgan fingerprint density at radius 1 is 1.44 bits per heavy atom. The topological polar surface area (TPSA) is 68.0 Å². The summed E-state index contributed by atoms with van der Waals surface area (Å²) in [6, 6.07) is 9.68. The Hall–Kier alpha value is -1.94. The summed E-state index contributed by atoms with van der Waals surface area (Å²) >= 11 is 0. The molecule has 4 nitrogen and oxygen atoms in total. The first kappa shape index (κ1) is 12.5. The number of nitrogens with one attached hydrogen (secondary N) is 1. The van der Waals surface area contributed by atoms with E-state index in [-0.39, 0.29) is 11.9 Å². The Bertz CT molecular complexity index is 580. The Balaban J connectivity index is 2.29. The first-order chi connectivity index (χ1) is 8.58. The molecule has 0 saturated carbocycles. The zero-order chi connectivity index (χ0) is 13.1. The van der Waals surface area contributed by atoms with Crippen LogP contribution in [0, 0.1) is 6.92 Å². The van der Waals surface area contributed by atoms with Gasteiger partial charge in [0.05, 0.1) is 11.6 Å². The van der Waals surface area contributed by atoms with Gasteiger partial charge in [-0.3, -0.25) is 9.78 Å². The van der Waals surface area contributed by atoms with Crippen LogP contribution in [0.25, 0.3) is 10.9 Å². The van der Waals surface area contributed by atoms with Crippen molar-refractivity contribution in [3.05, 3.63) is 41.6 Å². The first-order valence-corrected chi connectivity index (χ1v) is 5.96. The van der Waals surface area contributed by atoms with Gasteiger partial charge in [-0.25, -0.2) is 0 Å². The van der Waals surface area contributed by atoms with Crippen molar-refractivity contribution in [1.29, 1.82) is 0 Å². The standard InChI is InChI=1S/C14H17N3O/c1-9-7-11(8-16-10(2)14(15)18)12-5-3-4-6-13(12)17-9/h3-7,10,16H,8H2,1-2H3,(H2,15,18). The lowest BCUT2D eigenvalue weighted by Crippen LogP contribution is -2.38. The second kappa shape index (κ2) is 5.14. The molecule has 4 heteroatoms. The van der Waals surface area contributed by atoms with Gasteiger partial charge in [0.25, 0.3) is 0 Å². The molecule has 0 spiro atoms.